The lowest BCUT2D eigenvalue weighted by Crippen LogP contribution is -2.48. The van der Waals surface area contributed by atoms with E-state index in [0.29, 0.717) is 31.0 Å². The monoisotopic (exact) mass is 333 g/mol. The minimum atomic E-state index is -0.235. The third-order valence-corrected chi connectivity index (χ3v) is 4.40. The second kappa shape index (κ2) is 7.14. The van der Waals surface area contributed by atoms with E-state index in [-0.39, 0.29) is 18.1 Å². The molecule has 130 valence electrons. The summed E-state index contributed by atoms with van der Waals surface area (Å²) in [5.41, 5.74) is 1.41. The van der Waals surface area contributed by atoms with E-state index in [4.69, 9.17) is 9.15 Å². The molecule has 0 spiro atoms. The number of aryl methyl sites for hydroxylation is 2. The van der Waals surface area contributed by atoms with Gasteiger partial charge in [-0.2, -0.15) is 0 Å². The van der Waals surface area contributed by atoms with Crippen LogP contribution < -0.4 is 5.32 Å². The second-order valence-electron chi connectivity index (χ2n) is 5.95. The highest BCUT2D eigenvalue weighted by atomic mass is 16.5. The summed E-state index contributed by atoms with van der Waals surface area (Å²) >= 11 is 0. The molecular weight excluding hydrogens is 310 g/mol. The molecule has 1 aliphatic heterocycles. The molecule has 1 fully saturated rings. The van der Waals surface area contributed by atoms with Gasteiger partial charge in [0.25, 0.3) is 5.91 Å². The topological polar surface area (TPSA) is 85.4 Å². The Morgan fingerprint density at radius 2 is 2.29 bits per heavy atom. The van der Waals surface area contributed by atoms with E-state index in [2.05, 4.69) is 27.2 Å². The quantitative estimate of drug-likeness (QED) is 0.870. The van der Waals surface area contributed by atoms with Crippen LogP contribution in [0.4, 0.5) is 0 Å². The van der Waals surface area contributed by atoms with Gasteiger partial charge in [0, 0.05) is 32.8 Å². The highest BCUT2D eigenvalue weighted by molar-refractivity contribution is 5.93. The van der Waals surface area contributed by atoms with Gasteiger partial charge in [-0.25, -0.2) is 9.97 Å². The molecule has 0 radical (unpaired) electrons. The normalized spacial score (nSPS) is 21.8. The Bertz CT molecular complexity index is 695. The summed E-state index contributed by atoms with van der Waals surface area (Å²) in [4.78, 5) is 22.8. The van der Waals surface area contributed by atoms with Gasteiger partial charge in [-0.05, 0) is 7.05 Å². The molecule has 0 aromatic carbocycles. The van der Waals surface area contributed by atoms with Gasteiger partial charge < -0.3 is 19.0 Å². The van der Waals surface area contributed by atoms with E-state index in [1.807, 2.05) is 24.7 Å². The first-order chi connectivity index (χ1) is 11.6. The summed E-state index contributed by atoms with van der Waals surface area (Å²) in [6, 6.07) is 0.0366. The van der Waals surface area contributed by atoms with Gasteiger partial charge >= 0.3 is 0 Å². The average molecular weight is 333 g/mol. The number of amides is 1. The summed E-state index contributed by atoms with van der Waals surface area (Å²) in [7, 11) is 4.02. The molecule has 24 heavy (non-hydrogen) atoms. The molecule has 1 N–H and O–H groups in total. The lowest BCUT2D eigenvalue weighted by Gasteiger charge is -2.39. The maximum Gasteiger partial charge on any atom is 0.273 e. The van der Waals surface area contributed by atoms with E-state index in [0.717, 1.165) is 12.2 Å². The average Bonchev–Trinajstić information content (AvgIpc) is 3.21. The van der Waals surface area contributed by atoms with Crippen molar-refractivity contribution in [2.24, 2.45) is 7.05 Å². The molecule has 0 bridgehead atoms. The van der Waals surface area contributed by atoms with Crippen LogP contribution in [0.2, 0.25) is 0 Å². The number of oxazole rings is 1. The van der Waals surface area contributed by atoms with Gasteiger partial charge in [-0.3, -0.25) is 9.69 Å². The number of hydrogen-bond acceptors (Lipinski definition) is 6. The minimum absolute atomic E-state index is 0.0366. The molecule has 8 nitrogen and oxygen atoms in total. The smallest absolute Gasteiger partial charge is 0.273 e. The van der Waals surface area contributed by atoms with Crippen LogP contribution in [-0.2, 0) is 18.2 Å². The van der Waals surface area contributed by atoms with Crippen molar-refractivity contribution in [3.05, 3.63) is 36.1 Å². The maximum absolute atomic E-state index is 12.3. The van der Waals surface area contributed by atoms with Crippen molar-refractivity contribution >= 4 is 5.91 Å². The molecule has 0 unspecified atom stereocenters. The number of likely N-dealkylation sites (N-methyl/N-ethyl adjacent to an activating group) is 1. The Morgan fingerprint density at radius 1 is 1.46 bits per heavy atom. The number of hydrogen-bond donors (Lipinski definition) is 1. The van der Waals surface area contributed by atoms with Crippen molar-refractivity contribution in [2.75, 3.05) is 26.7 Å². The van der Waals surface area contributed by atoms with Crippen LogP contribution in [0.1, 0.15) is 34.9 Å². The fourth-order valence-electron chi connectivity index (χ4n) is 3.08. The zero-order valence-electron chi connectivity index (χ0n) is 14.2. The largest absolute Gasteiger partial charge is 0.448 e. The summed E-state index contributed by atoms with van der Waals surface area (Å²) in [5.74, 6) is 0.360. The fraction of sp³-hybridized carbons (Fsp3) is 0.562. The zero-order chi connectivity index (χ0) is 17.1. The van der Waals surface area contributed by atoms with Gasteiger partial charge in [0.05, 0.1) is 30.8 Å². The first kappa shape index (κ1) is 16.7. The lowest BCUT2D eigenvalue weighted by molar-refractivity contribution is -0.0626. The Hall–Kier alpha value is -2.19. The van der Waals surface area contributed by atoms with Gasteiger partial charge in [-0.1, -0.05) is 6.92 Å². The molecule has 2 atom stereocenters. The SMILES string of the molecule is CCc1ocnc1C(=O)NC[C@@H]1OCCN(C)[C@H]1c1cncn1C. The zero-order valence-corrected chi connectivity index (χ0v) is 14.2. The number of nitrogens with one attached hydrogen (secondary N) is 1. The molecule has 3 heterocycles. The molecule has 2 aromatic rings. The predicted molar refractivity (Wildman–Crippen MR) is 86.5 cm³/mol. The van der Waals surface area contributed by atoms with Crippen molar-refractivity contribution in [3.63, 3.8) is 0 Å². The first-order valence-electron chi connectivity index (χ1n) is 8.10. The van der Waals surface area contributed by atoms with Crippen LogP contribution in [0.25, 0.3) is 0 Å². The molecule has 0 saturated carbocycles. The number of carbonyl (C=O) groups excluding carboxylic acids is 1. The van der Waals surface area contributed by atoms with Crippen molar-refractivity contribution in [1.82, 2.24) is 24.8 Å². The number of carbonyl (C=O) groups is 1. The number of ether oxygens (including phenoxy) is 1. The van der Waals surface area contributed by atoms with Gasteiger partial charge in [0.1, 0.15) is 5.76 Å². The number of aromatic nitrogens is 3. The van der Waals surface area contributed by atoms with Crippen molar-refractivity contribution < 1.29 is 13.9 Å². The lowest BCUT2D eigenvalue weighted by atomic mass is 10.0. The Balaban J connectivity index is 1.70. The first-order valence-corrected chi connectivity index (χ1v) is 8.10. The van der Waals surface area contributed by atoms with Crippen molar-refractivity contribution in [1.29, 1.82) is 0 Å². The molecule has 3 rings (SSSR count). The second-order valence-corrected chi connectivity index (χ2v) is 5.95. The van der Waals surface area contributed by atoms with E-state index >= 15 is 0 Å². The van der Waals surface area contributed by atoms with Crippen molar-refractivity contribution in [3.8, 4) is 0 Å². The highest BCUT2D eigenvalue weighted by Crippen LogP contribution is 2.27. The van der Waals surface area contributed by atoms with E-state index < -0.39 is 0 Å². The van der Waals surface area contributed by atoms with Crippen LogP contribution in [-0.4, -0.2) is 58.2 Å². The molecule has 1 saturated heterocycles. The Morgan fingerprint density at radius 3 is 3.00 bits per heavy atom. The summed E-state index contributed by atoms with van der Waals surface area (Å²) in [6.07, 6.45) is 5.40. The highest BCUT2D eigenvalue weighted by Gasteiger charge is 2.33. The summed E-state index contributed by atoms with van der Waals surface area (Å²) in [6.45, 7) is 3.79. The predicted octanol–water partition coefficient (Wildman–Crippen LogP) is 0.772. The van der Waals surface area contributed by atoms with Crippen LogP contribution in [0, 0.1) is 0 Å². The number of imidazole rings is 1. The standard InChI is InChI=1S/C16H23N5O3/c1-4-12-14(19-10-24-12)16(22)18-8-13-15(20(2)5-6-23-13)11-7-17-9-21(11)3/h7,9-10,13,15H,4-6,8H2,1-3H3,(H,18,22)/t13-,15-/m0/s1. The van der Waals surface area contributed by atoms with E-state index in [1.165, 1.54) is 6.39 Å². The van der Waals surface area contributed by atoms with Crippen LogP contribution in [0.3, 0.4) is 0 Å². The third-order valence-electron chi connectivity index (χ3n) is 4.40. The van der Waals surface area contributed by atoms with Crippen LogP contribution in [0.5, 0.6) is 0 Å². The molecule has 1 aliphatic rings. The van der Waals surface area contributed by atoms with Crippen molar-refractivity contribution in [2.45, 2.75) is 25.5 Å². The number of nitrogens with zero attached hydrogens (tertiary/aromatic N) is 4. The van der Waals surface area contributed by atoms with Crippen LogP contribution >= 0.6 is 0 Å². The van der Waals surface area contributed by atoms with Crippen LogP contribution in [0.15, 0.2) is 23.3 Å². The van der Waals surface area contributed by atoms with Gasteiger partial charge in [0.2, 0.25) is 0 Å². The van der Waals surface area contributed by atoms with E-state index in [1.54, 1.807) is 6.33 Å². The van der Waals surface area contributed by atoms with Gasteiger partial charge in [-0.15, -0.1) is 0 Å². The minimum Gasteiger partial charge on any atom is -0.448 e. The summed E-state index contributed by atoms with van der Waals surface area (Å²) in [5, 5.41) is 2.92. The maximum atomic E-state index is 12.3. The molecule has 2 aromatic heterocycles. The molecule has 0 aliphatic carbocycles. The molecule has 8 heteroatoms. The summed E-state index contributed by atoms with van der Waals surface area (Å²) < 4.78 is 13.1. The number of morpholine rings is 1. The molecular formula is C16H23N5O3. The van der Waals surface area contributed by atoms with E-state index in [9.17, 15) is 4.79 Å². The Labute approximate surface area is 140 Å². The molecule has 1 amide bonds. The van der Waals surface area contributed by atoms with Gasteiger partial charge in [0.15, 0.2) is 12.1 Å². The third kappa shape index (κ3) is 3.20. The number of rotatable bonds is 5. The Kier molecular flexibility index (Phi) is 4.96. The fourth-order valence-corrected chi connectivity index (χ4v) is 3.08.